The molecule has 0 spiro atoms. The predicted octanol–water partition coefficient (Wildman–Crippen LogP) is 2.71. The molecule has 0 aliphatic carbocycles. The molecule has 1 amide bonds. The molecule has 1 aromatic heterocycles. The van der Waals surface area contributed by atoms with Crippen molar-refractivity contribution in [3.63, 3.8) is 0 Å². The van der Waals surface area contributed by atoms with E-state index in [1.54, 1.807) is 22.4 Å². The molecule has 1 N–H and O–H groups in total. The van der Waals surface area contributed by atoms with Gasteiger partial charge < -0.3 is 9.64 Å². The number of hydrogen-bond donors (Lipinski definition) is 1. The van der Waals surface area contributed by atoms with Crippen LogP contribution in [0, 0.1) is 13.8 Å². The Morgan fingerprint density at radius 1 is 1.22 bits per heavy atom. The number of nitrogens with one attached hydrogen (secondary N) is 1. The molecular weight excluding hydrogens is 384 g/mol. The molecule has 146 valence electrons. The molecule has 6 nitrogen and oxygen atoms in total. The zero-order chi connectivity index (χ0) is 19.4. The first-order valence-corrected chi connectivity index (χ1v) is 11.2. The van der Waals surface area contributed by atoms with E-state index in [4.69, 9.17) is 4.74 Å². The summed E-state index contributed by atoms with van der Waals surface area (Å²) in [6, 6.07) is 9.03. The van der Waals surface area contributed by atoms with Gasteiger partial charge in [-0.05, 0) is 61.4 Å². The van der Waals surface area contributed by atoms with E-state index in [2.05, 4.69) is 10.8 Å². The van der Waals surface area contributed by atoms with E-state index in [0.717, 1.165) is 11.1 Å². The number of likely N-dealkylation sites (tertiary alicyclic amines) is 1. The van der Waals surface area contributed by atoms with Gasteiger partial charge in [-0.1, -0.05) is 12.1 Å². The molecule has 2 heterocycles. The maximum atomic E-state index is 12.4. The number of piperidine rings is 1. The highest BCUT2D eigenvalue weighted by Crippen LogP contribution is 2.19. The van der Waals surface area contributed by atoms with Crippen LogP contribution in [0.1, 0.15) is 24.0 Å². The second-order valence-corrected chi connectivity index (χ2v) is 9.71. The Balaban J connectivity index is 1.48. The van der Waals surface area contributed by atoms with Gasteiger partial charge in [0.15, 0.2) is 6.61 Å². The number of hydrogen-bond acceptors (Lipinski definition) is 5. The topological polar surface area (TPSA) is 75.7 Å². The van der Waals surface area contributed by atoms with E-state index in [0.29, 0.717) is 35.9 Å². The van der Waals surface area contributed by atoms with Crippen LogP contribution in [0.15, 0.2) is 39.9 Å². The summed E-state index contributed by atoms with van der Waals surface area (Å²) in [5.74, 6) is 0.619. The average Bonchev–Trinajstić information content (AvgIpc) is 3.15. The van der Waals surface area contributed by atoms with Gasteiger partial charge in [0.2, 0.25) is 10.0 Å². The Kier molecular flexibility index (Phi) is 6.18. The summed E-state index contributed by atoms with van der Waals surface area (Å²) in [6.45, 7) is 5.02. The van der Waals surface area contributed by atoms with Gasteiger partial charge in [-0.15, -0.1) is 11.3 Å². The zero-order valence-electron chi connectivity index (χ0n) is 15.5. The second-order valence-electron chi connectivity index (χ2n) is 6.82. The second kappa shape index (κ2) is 8.41. The number of carbonyl (C=O) groups is 1. The smallest absolute Gasteiger partial charge is 0.260 e. The number of nitrogens with zero attached hydrogens (tertiary/aromatic N) is 1. The number of aryl methyl sites for hydroxylation is 2. The number of ether oxygens (including phenoxy) is 1. The number of carbonyl (C=O) groups excluding carboxylic acids is 1. The minimum absolute atomic E-state index is 0.00547. The fraction of sp³-hybridized carbons (Fsp3) is 0.421. The molecule has 1 fully saturated rings. The molecule has 2 aromatic rings. The van der Waals surface area contributed by atoms with Crippen LogP contribution in [-0.4, -0.2) is 45.0 Å². The Morgan fingerprint density at radius 3 is 2.48 bits per heavy atom. The maximum absolute atomic E-state index is 12.4. The summed E-state index contributed by atoms with van der Waals surface area (Å²) >= 11 is 1.20. The third-order valence-electron chi connectivity index (χ3n) is 4.49. The Hall–Kier alpha value is -1.90. The number of sulfonamides is 1. The fourth-order valence-electron chi connectivity index (χ4n) is 3.19. The van der Waals surface area contributed by atoms with Crippen LogP contribution in [0.2, 0.25) is 0 Å². The molecule has 0 unspecified atom stereocenters. The van der Waals surface area contributed by atoms with E-state index < -0.39 is 10.0 Å². The Bertz CT molecular complexity index is 866. The SMILES string of the molecule is Cc1cc(C)cc(OCC(=O)N2CCC(NS(=O)(=O)c3cccs3)CC2)c1. The molecule has 0 saturated carbocycles. The first kappa shape index (κ1) is 19.9. The molecule has 0 bridgehead atoms. The van der Waals surface area contributed by atoms with Gasteiger partial charge in [0, 0.05) is 19.1 Å². The molecule has 0 radical (unpaired) electrons. The highest BCUT2D eigenvalue weighted by atomic mass is 32.2. The van der Waals surface area contributed by atoms with Gasteiger partial charge >= 0.3 is 0 Å². The first-order chi connectivity index (χ1) is 12.8. The number of rotatable bonds is 6. The summed E-state index contributed by atoms with van der Waals surface area (Å²) in [5.41, 5.74) is 2.19. The molecule has 8 heteroatoms. The van der Waals surface area contributed by atoms with Gasteiger partial charge in [-0.25, -0.2) is 13.1 Å². The summed E-state index contributed by atoms with van der Waals surface area (Å²) in [4.78, 5) is 14.1. The highest BCUT2D eigenvalue weighted by molar-refractivity contribution is 7.91. The quantitative estimate of drug-likeness (QED) is 0.797. The van der Waals surface area contributed by atoms with Gasteiger partial charge in [0.05, 0.1) is 0 Å². The van der Waals surface area contributed by atoms with Gasteiger partial charge in [0.1, 0.15) is 9.96 Å². The van der Waals surface area contributed by atoms with Crippen molar-refractivity contribution in [3.8, 4) is 5.75 Å². The normalized spacial score (nSPS) is 15.7. The van der Waals surface area contributed by atoms with E-state index in [-0.39, 0.29) is 18.6 Å². The van der Waals surface area contributed by atoms with Crippen molar-refractivity contribution in [2.45, 2.75) is 36.9 Å². The third-order valence-corrected chi connectivity index (χ3v) is 7.40. The fourth-order valence-corrected chi connectivity index (χ4v) is 5.51. The highest BCUT2D eigenvalue weighted by Gasteiger charge is 2.27. The van der Waals surface area contributed by atoms with Crippen LogP contribution in [0.3, 0.4) is 0 Å². The van der Waals surface area contributed by atoms with E-state index in [1.807, 2.05) is 26.0 Å². The number of benzene rings is 1. The Morgan fingerprint density at radius 2 is 1.89 bits per heavy atom. The van der Waals surface area contributed by atoms with E-state index in [1.165, 1.54) is 11.3 Å². The zero-order valence-corrected chi connectivity index (χ0v) is 17.1. The minimum Gasteiger partial charge on any atom is -0.484 e. The third kappa shape index (κ3) is 5.31. The molecule has 27 heavy (non-hydrogen) atoms. The van der Waals surface area contributed by atoms with Crippen molar-refractivity contribution in [3.05, 3.63) is 46.8 Å². The van der Waals surface area contributed by atoms with Gasteiger partial charge in [-0.3, -0.25) is 4.79 Å². The van der Waals surface area contributed by atoms with Crippen LogP contribution in [0.5, 0.6) is 5.75 Å². The minimum atomic E-state index is -3.47. The van der Waals surface area contributed by atoms with Crippen LogP contribution in [-0.2, 0) is 14.8 Å². The lowest BCUT2D eigenvalue weighted by atomic mass is 10.1. The number of amides is 1. The molecule has 1 aromatic carbocycles. The molecule has 3 rings (SSSR count). The maximum Gasteiger partial charge on any atom is 0.260 e. The van der Waals surface area contributed by atoms with E-state index in [9.17, 15) is 13.2 Å². The molecular formula is C19H24N2O4S2. The lowest BCUT2D eigenvalue weighted by molar-refractivity contribution is -0.134. The largest absolute Gasteiger partial charge is 0.484 e. The standard InChI is InChI=1S/C19H24N2O4S2/c1-14-10-15(2)12-17(11-14)25-13-18(22)21-7-5-16(6-8-21)20-27(23,24)19-4-3-9-26-19/h3-4,9-12,16,20H,5-8,13H2,1-2H3. The summed E-state index contributed by atoms with van der Waals surface area (Å²) in [5, 5.41) is 1.74. The molecule has 1 saturated heterocycles. The predicted molar refractivity (Wildman–Crippen MR) is 106 cm³/mol. The van der Waals surface area contributed by atoms with Crippen LogP contribution in [0.25, 0.3) is 0 Å². The van der Waals surface area contributed by atoms with E-state index >= 15 is 0 Å². The van der Waals surface area contributed by atoms with Crippen molar-refractivity contribution >= 4 is 27.3 Å². The van der Waals surface area contributed by atoms with Gasteiger partial charge in [0.25, 0.3) is 5.91 Å². The van der Waals surface area contributed by atoms with Crippen molar-refractivity contribution in [1.82, 2.24) is 9.62 Å². The lowest BCUT2D eigenvalue weighted by Crippen LogP contribution is -2.47. The van der Waals surface area contributed by atoms with Crippen molar-refractivity contribution in [2.24, 2.45) is 0 Å². The lowest BCUT2D eigenvalue weighted by Gasteiger charge is -2.32. The molecule has 1 aliphatic heterocycles. The van der Waals surface area contributed by atoms with Crippen molar-refractivity contribution < 1.29 is 17.9 Å². The molecule has 1 aliphatic rings. The average molecular weight is 409 g/mol. The van der Waals surface area contributed by atoms with Crippen LogP contribution < -0.4 is 9.46 Å². The Labute approximate surface area is 164 Å². The summed E-state index contributed by atoms with van der Waals surface area (Å²) in [6.07, 6.45) is 1.19. The first-order valence-electron chi connectivity index (χ1n) is 8.88. The number of thiophene rings is 1. The van der Waals surface area contributed by atoms with Gasteiger partial charge in [-0.2, -0.15) is 0 Å². The summed E-state index contributed by atoms with van der Waals surface area (Å²) < 4.78 is 33.3. The van der Waals surface area contributed by atoms with Crippen molar-refractivity contribution in [2.75, 3.05) is 19.7 Å². The van der Waals surface area contributed by atoms with Crippen molar-refractivity contribution in [1.29, 1.82) is 0 Å². The van der Waals surface area contributed by atoms with Crippen LogP contribution in [0.4, 0.5) is 0 Å². The monoisotopic (exact) mass is 408 g/mol. The molecule has 0 atom stereocenters. The summed E-state index contributed by atoms with van der Waals surface area (Å²) in [7, 11) is -3.47. The van der Waals surface area contributed by atoms with Crippen LogP contribution >= 0.6 is 11.3 Å².